The summed E-state index contributed by atoms with van der Waals surface area (Å²) in [5.74, 6) is 0.0542. The van der Waals surface area contributed by atoms with E-state index in [1.54, 1.807) is 26.8 Å². The molecule has 3 heterocycles. The fourth-order valence-corrected chi connectivity index (χ4v) is 4.89. The van der Waals surface area contributed by atoms with Crippen molar-refractivity contribution in [3.8, 4) is 10.6 Å². The number of hydrogen-bond donors (Lipinski definition) is 3. The van der Waals surface area contributed by atoms with Gasteiger partial charge in [-0.1, -0.05) is 23.2 Å². The summed E-state index contributed by atoms with van der Waals surface area (Å²) >= 11 is 14.1. The van der Waals surface area contributed by atoms with Crippen LogP contribution in [0.5, 0.6) is 0 Å². The molecule has 0 saturated heterocycles. The monoisotopic (exact) mass is 536 g/mol. The first kappa shape index (κ1) is 25.0. The number of pyridine rings is 1. The molecule has 1 aromatic carbocycles. The van der Waals surface area contributed by atoms with Crippen LogP contribution in [0.2, 0.25) is 10.0 Å². The highest BCUT2D eigenvalue weighted by Gasteiger charge is 2.21. The van der Waals surface area contributed by atoms with Crippen LogP contribution in [-0.2, 0) is 11.3 Å². The molecule has 4 aromatic rings. The van der Waals surface area contributed by atoms with Crippen LogP contribution in [0.1, 0.15) is 26.5 Å². The number of benzene rings is 1. The van der Waals surface area contributed by atoms with Gasteiger partial charge >= 0.3 is 6.09 Å². The Morgan fingerprint density at radius 1 is 1.17 bits per heavy atom. The van der Waals surface area contributed by atoms with Crippen molar-refractivity contribution in [3.63, 3.8) is 0 Å². The predicted molar refractivity (Wildman–Crippen MR) is 134 cm³/mol. The zero-order valence-corrected chi connectivity index (χ0v) is 21.0. The molecular weight excluding hydrogens is 518 g/mol. The number of anilines is 3. The van der Waals surface area contributed by atoms with Crippen LogP contribution < -0.4 is 10.6 Å². The number of halogens is 3. The third kappa shape index (κ3) is 5.76. The number of nitrogens with one attached hydrogen (secondary N) is 2. The second-order valence-electron chi connectivity index (χ2n) is 8.27. The second kappa shape index (κ2) is 9.86. The van der Waals surface area contributed by atoms with Crippen LogP contribution >= 0.6 is 34.5 Å². The third-order valence-electron chi connectivity index (χ3n) is 4.41. The SMILES string of the molecule is CC(C)(C)OC(=O)Nc1cc(Cl)c(-c2nc3c(F)cnc(Nc4cc(CO)ncn4)c3s2)c(Cl)c1. The van der Waals surface area contributed by atoms with E-state index in [2.05, 4.69) is 30.6 Å². The highest BCUT2D eigenvalue weighted by Crippen LogP contribution is 2.42. The Bertz CT molecular complexity index is 1400. The number of rotatable bonds is 5. The average Bonchev–Trinajstić information content (AvgIpc) is 3.20. The molecule has 0 aliphatic carbocycles. The molecule has 182 valence electrons. The lowest BCUT2D eigenvalue weighted by Crippen LogP contribution is -2.27. The van der Waals surface area contributed by atoms with Crippen LogP contribution in [0.25, 0.3) is 20.8 Å². The molecule has 0 unspecified atom stereocenters. The fourth-order valence-electron chi connectivity index (χ4n) is 3.02. The normalized spacial score (nSPS) is 11.5. The summed E-state index contributed by atoms with van der Waals surface area (Å²) in [4.78, 5) is 28.6. The summed E-state index contributed by atoms with van der Waals surface area (Å²) in [6.45, 7) is 4.98. The van der Waals surface area contributed by atoms with Gasteiger partial charge in [0.25, 0.3) is 0 Å². The number of nitrogens with zero attached hydrogens (tertiary/aromatic N) is 4. The number of thiazole rings is 1. The maximum atomic E-state index is 14.6. The molecule has 3 aromatic heterocycles. The van der Waals surface area contributed by atoms with Crippen molar-refractivity contribution in [1.29, 1.82) is 0 Å². The number of amides is 1. The van der Waals surface area contributed by atoms with Gasteiger partial charge in [0.15, 0.2) is 11.6 Å². The molecule has 0 saturated carbocycles. The number of aliphatic hydroxyl groups excluding tert-OH is 1. The van der Waals surface area contributed by atoms with Crippen molar-refractivity contribution in [2.24, 2.45) is 0 Å². The summed E-state index contributed by atoms with van der Waals surface area (Å²) in [6, 6.07) is 4.55. The van der Waals surface area contributed by atoms with Crippen LogP contribution in [0.15, 0.2) is 30.7 Å². The van der Waals surface area contributed by atoms with Crippen LogP contribution in [-0.4, -0.2) is 36.7 Å². The molecule has 1 amide bonds. The van der Waals surface area contributed by atoms with Crippen molar-refractivity contribution < 1.29 is 19.0 Å². The maximum Gasteiger partial charge on any atom is 0.412 e. The van der Waals surface area contributed by atoms with Gasteiger partial charge in [-0.2, -0.15) is 0 Å². The smallest absolute Gasteiger partial charge is 0.412 e. The van der Waals surface area contributed by atoms with E-state index in [9.17, 15) is 14.3 Å². The molecule has 0 aliphatic rings. The molecule has 0 spiro atoms. The maximum absolute atomic E-state index is 14.6. The van der Waals surface area contributed by atoms with E-state index in [0.717, 1.165) is 17.5 Å². The lowest BCUT2D eigenvalue weighted by Gasteiger charge is -2.20. The molecule has 4 rings (SSSR count). The summed E-state index contributed by atoms with van der Waals surface area (Å²) in [5.41, 5.74) is 0.511. The largest absolute Gasteiger partial charge is 0.444 e. The Labute approximate surface area is 213 Å². The Hall–Kier alpha value is -3.12. The first-order valence-electron chi connectivity index (χ1n) is 10.2. The number of ether oxygens (including phenoxy) is 1. The quantitative estimate of drug-likeness (QED) is 0.276. The molecule has 0 radical (unpaired) electrons. The van der Waals surface area contributed by atoms with Crippen LogP contribution in [0, 0.1) is 5.82 Å². The van der Waals surface area contributed by atoms with Crippen molar-refractivity contribution in [3.05, 3.63) is 52.3 Å². The van der Waals surface area contributed by atoms with Gasteiger partial charge < -0.3 is 15.2 Å². The summed E-state index contributed by atoms with van der Waals surface area (Å²) in [5, 5.41) is 15.6. The van der Waals surface area contributed by atoms with Gasteiger partial charge in [-0.25, -0.2) is 29.1 Å². The van der Waals surface area contributed by atoms with Gasteiger partial charge in [0.1, 0.15) is 33.0 Å². The van der Waals surface area contributed by atoms with Crippen molar-refractivity contribution >= 4 is 68.2 Å². The summed E-state index contributed by atoms with van der Waals surface area (Å²) in [6.07, 6.45) is 1.67. The molecule has 35 heavy (non-hydrogen) atoms. The van der Waals surface area contributed by atoms with Gasteiger partial charge in [-0.05, 0) is 32.9 Å². The number of carbonyl (C=O) groups is 1. The minimum atomic E-state index is -0.673. The first-order valence-corrected chi connectivity index (χ1v) is 11.7. The lowest BCUT2D eigenvalue weighted by molar-refractivity contribution is 0.0636. The summed E-state index contributed by atoms with van der Waals surface area (Å²) in [7, 11) is 0. The van der Waals surface area contributed by atoms with Crippen molar-refractivity contribution in [1.82, 2.24) is 19.9 Å². The highest BCUT2D eigenvalue weighted by atomic mass is 35.5. The number of hydrogen-bond acceptors (Lipinski definition) is 9. The number of aromatic nitrogens is 4. The fraction of sp³-hybridized carbons (Fsp3) is 0.227. The Morgan fingerprint density at radius 3 is 2.54 bits per heavy atom. The Kier molecular flexibility index (Phi) is 7.04. The van der Waals surface area contributed by atoms with E-state index in [-0.39, 0.29) is 22.2 Å². The zero-order chi connectivity index (χ0) is 25.3. The Morgan fingerprint density at radius 2 is 1.89 bits per heavy atom. The average molecular weight is 537 g/mol. The van der Waals surface area contributed by atoms with E-state index in [1.165, 1.54) is 18.5 Å². The molecule has 3 N–H and O–H groups in total. The summed E-state index contributed by atoms with van der Waals surface area (Å²) < 4.78 is 20.2. The van der Waals surface area contributed by atoms with E-state index < -0.39 is 17.5 Å². The van der Waals surface area contributed by atoms with Gasteiger partial charge in [-0.3, -0.25) is 5.32 Å². The van der Waals surface area contributed by atoms with Gasteiger partial charge in [0.2, 0.25) is 0 Å². The Balaban J connectivity index is 1.69. The molecule has 0 bridgehead atoms. The van der Waals surface area contributed by atoms with Gasteiger partial charge in [0, 0.05) is 17.3 Å². The van der Waals surface area contributed by atoms with Crippen LogP contribution in [0.3, 0.4) is 0 Å². The second-order valence-corrected chi connectivity index (χ2v) is 10.1. The number of fused-ring (bicyclic) bond motifs is 1. The standard InChI is InChI=1S/C22H19Cl2FN6O3S/c1-22(2,3)34-21(33)29-10-4-12(23)16(13(24)5-10)20-31-17-14(25)7-26-19(18(17)35-20)30-15-6-11(8-32)27-9-28-15/h4-7,9,32H,8H2,1-3H3,(H,29,33)(H,26,27,28,30). The lowest BCUT2D eigenvalue weighted by atomic mass is 10.2. The molecule has 9 nitrogen and oxygen atoms in total. The molecule has 0 aliphatic heterocycles. The molecule has 0 fully saturated rings. The molecule has 13 heteroatoms. The predicted octanol–water partition coefficient (Wildman–Crippen LogP) is 6.18. The van der Waals surface area contributed by atoms with E-state index in [0.29, 0.717) is 38.3 Å². The minimum Gasteiger partial charge on any atom is -0.444 e. The van der Waals surface area contributed by atoms with Crippen LogP contribution in [0.4, 0.5) is 26.5 Å². The minimum absolute atomic E-state index is 0.0713. The van der Waals surface area contributed by atoms with Crippen molar-refractivity contribution in [2.45, 2.75) is 33.0 Å². The molecular formula is C22H19Cl2FN6O3S. The molecule has 0 atom stereocenters. The van der Waals surface area contributed by atoms with E-state index >= 15 is 0 Å². The number of carbonyl (C=O) groups excluding carboxylic acids is 1. The van der Waals surface area contributed by atoms with Gasteiger partial charge in [0.05, 0.1) is 28.5 Å². The van der Waals surface area contributed by atoms with E-state index in [4.69, 9.17) is 27.9 Å². The zero-order valence-electron chi connectivity index (χ0n) is 18.7. The number of aliphatic hydroxyl groups is 1. The topological polar surface area (TPSA) is 122 Å². The van der Waals surface area contributed by atoms with Gasteiger partial charge in [-0.15, -0.1) is 11.3 Å². The third-order valence-corrected chi connectivity index (χ3v) is 6.08. The van der Waals surface area contributed by atoms with Crippen molar-refractivity contribution in [2.75, 3.05) is 10.6 Å². The first-order chi connectivity index (χ1) is 16.5. The highest BCUT2D eigenvalue weighted by molar-refractivity contribution is 7.22. The van der Waals surface area contributed by atoms with E-state index in [1.807, 2.05) is 0 Å².